The van der Waals surface area contributed by atoms with Crippen LogP contribution in [0.5, 0.6) is 0 Å². The summed E-state index contributed by atoms with van der Waals surface area (Å²) in [5, 5.41) is 0. The predicted octanol–water partition coefficient (Wildman–Crippen LogP) is 3.16. The van der Waals surface area contributed by atoms with E-state index < -0.39 is 0 Å². The van der Waals surface area contributed by atoms with Gasteiger partial charge >= 0.3 is 0 Å². The lowest BCUT2D eigenvalue weighted by Crippen LogP contribution is -2.26. The van der Waals surface area contributed by atoms with Crippen LogP contribution in [-0.4, -0.2) is 13.1 Å². The van der Waals surface area contributed by atoms with E-state index in [-0.39, 0.29) is 0 Å². The van der Waals surface area contributed by atoms with Gasteiger partial charge in [-0.1, -0.05) is 26.0 Å². The van der Waals surface area contributed by atoms with E-state index >= 15 is 0 Å². The van der Waals surface area contributed by atoms with Gasteiger partial charge in [0.1, 0.15) is 0 Å². The molecular weight excluding hydrogens is 208 g/mol. The van der Waals surface area contributed by atoms with Crippen molar-refractivity contribution in [1.29, 1.82) is 0 Å². The van der Waals surface area contributed by atoms with Gasteiger partial charge in [-0.25, -0.2) is 0 Å². The number of hydrogen-bond acceptors (Lipinski definition) is 2. The lowest BCUT2D eigenvalue weighted by Gasteiger charge is -2.27. The number of nitrogens with two attached hydrogens (primary N) is 1. The van der Waals surface area contributed by atoms with Crippen LogP contribution in [0.2, 0.25) is 0 Å². The van der Waals surface area contributed by atoms with Gasteiger partial charge in [-0.05, 0) is 42.4 Å². The summed E-state index contributed by atoms with van der Waals surface area (Å²) in [5.41, 5.74) is 8.82. The van der Waals surface area contributed by atoms with Crippen molar-refractivity contribution >= 4 is 5.69 Å². The minimum atomic E-state index is 0.540. The molecule has 1 aromatic rings. The van der Waals surface area contributed by atoms with Crippen molar-refractivity contribution in [1.82, 2.24) is 0 Å². The molecule has 1 fully saturated rings. The van der Waals surface area contributed by atoms with Gasteiger partial charge < -0.3 is 10.6 Å². The van der Waals surface area contributed by atoms with E-state index in [0.717, 1.165) is 0 Å². The Hall–Kier alpha value is -1.02. The van der Waals surface area contributed by atoms with Crippen LogP contribution in [0.25, 0.3) is 0 Å². The smallest absolute Gasteiger partial charge is 0.0369 e. The molecule has 1 aromatic carbocycles. The third-order valence-electron chi connectivity index (χ3n) is 4.45. The van der Waals surface area contributed by atoms with Crippen LogP contribution >= 0.6 is 0 Å². The highest BCUT2D eigenvalue weighted by molar-refractivity contribution is 5.50. The molecule has 0 atom stereocenters. The van der Waals surface area contributed by atoms with Crippen LogP contribution < -0.4 is 10.6 Å². The Bertz CT molecular complexity index is 369. The second-order valence-corrected chi connectivity index (χ2v) is 5.25. The van der Waals surface area contributed by atoms with Crippen molar-refractivity contribution in [2.75, 3.05) is 18.0 Å². The number of hydrogen-bond donors (Lipinski definition) is 1. The molecule has 2 nitrogen and oxygen atoms in total. The van der Waals surface area contributed by atoms with Crippen LogP contribution in [0.3, 0.4) is 0 Å². The third kappa shape index (κ3) is 2.47. The third-order valence-corrected chi connectivity index (χ3v) is 4.45. The maximum Gasteiger partial charge on any atom is 0.0369 e. The highest BCUT2D eigenvalue weighted by Gasteiger charge is 2.34. The summed E-state index contributed by atoms with van der Waals surface area (Å²) in [6, 6.07) is 8.67. The standard InChI is InChI=1S/C15H24N2/c1-3-15(4-2)8-9-17(12-15)14-7-5-6-13(10-14)11-16/h5-7,10H,3-4,8-9,11-12,16H2,1-2H3. The summed E-state index contributed by atoms with van der Waals surface area (Å²) in [4.78, 5) is 2.52. The maximum absolute atomic E-state index is 5.70. The highest BCUT2D eigenvalue weighted by Crippen LogP contribution is 2.39. The van der Waals surface area contributed by atoms with Crippen LogP contribution in [0.15, 0.2) is 24.3 Å². The first-order valence-corrected chi connectivity index (χ1v) is 6.77. The molecule has 0 saturated carbocycles. The minimum Gasteiger partial charge on any atom is -0.371 e. The van der Waals surface area contributed by atoms with E-state index in [1.54, 1.807) is 0 Å². The minimum absolute atomic E-state index is 0.540. The topological polar surface area (TPSA) is 29.3 Å². The van der Waals surface area contributed by atoms with Crippen LogP contribution in [0, 0.1) is 5.41 Å². The molecule has 94 valence electrons. The fourth-order valence-electron chi connectivity index (χ4n) is 2.86. The van der Waals surface area contributed by atoms with Gasteiger partial charge in [-0.2, -0.15) is 0 Å². The quantitative estimate of drug-likeness (QED) is 0.864. The first kappa shape index (κ1) is 12.4. The number of nitrogens with zero attached hydrogens (tertiary/aromatic N) is 1. The van der Waals surface area contributed by atoms with Crippen molar-refractivity contribution in [2.24, 2.45) is 11.1 Å². The van der Waals surface area contributed by atoms with Crippen molar-refractivity contribution < 1.29 is 0 Å². The molecule has 0 aromatic heterocycles. The lowest BCUT2D eigenvalue weighted by molar-refractivity contribution is 0.301. The molecule has 0 amide bonds. The Morgan fingerprint density at radius 3 is 2.65 bits per heavy atom. The van der Waals surface area contributed by atoms with Crippen LogP contribution in [-0.2, 0) is 6.54 Å². The summed E-state index contributed by atoms with van der Waals surface area (Å²) in [6.45, 7) is 7.67. The molecule has 2 rings (SSSR count). The van der Waals surface area contributed by atoms with Crippen molar-refractivity contribution in [3.8, 4) is 0 Å². The molecule has 0 aliphatic carbocycles. The van der Waals surface area contributed by atoms with Gasteiger partial charge in [0.2, 0.25) is 0 Å². The molecule has 2 heteroatoms. The Kier molecular flexibility index (Phi) is 3.72. The second-order valence-electron chi connectivity index (χ2n) is 5.25. The predicted molar refractivity (Wildman–Crippen MR) is 74.2 cm³/mol. The second kappa shape index (κ2) is 5.09. The van der Waals surface area contributed by atoms with Gasteiger partial charge in [-0.15, -0.1) is 0 Å². The Labute approximate surface area is 105 Å². The van der Waals surface area contributed by atoms with E-state index in [1.165, 1.54) is 43.6 Å². The summed E-state index contributed by atoms with van der Waals surface area (Å²) < 4.78 is 0. The van der Waals surface area contributed by atoms with Crippen molar-refractivity contribution in [3.63, 3.8) is 0 Å². The zero-order chi connectivity index (χ0) is 12.3. The SMILES string of the molecule is CCC1(CC)CCN(c2cccc(CN)c2)C1. The van der Waals surface area contributed by atoms with Gasteiger partial charge in [0.15, 0.2) is 0 Å². The molecule has 0 spiro atoms. The van der Waals surface area contributed by atoms with E-state index in [0.29, 0.717) is 12.0 Å². The molecule has 2 N–H and O–H groups in total. The molecule has 17 heavy (non-hydrogen) atoms. The summed E-state index contributed by atoms with van der Waals surface area (Å²) in [7, 11) is 0. The first-order chi connectivity index (χ1) is 8.23. The molecule has 0 unspecified atom stereocenters. The molecule has 1 aliphatic rings. The average Bonchev–Trinajstić information content (AvgIpc) is 2.84. The Balaban J connectivity index is 2.14. The zero-order valence-electron chi connectivity index (χ0n) is 11.1. The van der Waals surface area contributed by atoms with Gasteiger partial charge in [0.05, 0.1) is 0 Å². The number of benzene rings is 1. The summed E-state index contributed by atoms with van der Waals surface area (Å²) in [5.74, 6) is 0. The largest absolute Gasteiger partial charge is 0.371 e. The van der Waals surface area contributed by atoms with Gasteiger partial charge in [0, 0.05) is 25.3 Å². The Morgan fingerprint density at radius 2 is 2.06 bits per heavy atom. The fraction of sp³-hybridized carbons (Fsp3) is 0.600. The molecule has 1 heterocycles. The van der Waals surface area contributed by atoms with Crippen LogP contribution in [0.1, 0.15) is 38.7 Å². The Morgan fingerprint density at radius 1 is 1.29 bits per heavy atom. The highest BCUT2D eigenvalue weighted by atomic mass is 15.2. The number of anilines is 1. The molecule has 0 bridgehead atoms. The molecular formula is C15H24N2. The van der Waals surface area contributed by atoms with Crippen molar-refractivity contribution in [3.05, 3.63) is 29.8 Å². The zero-order valence-corrected chi connectivity index (χ0v) is 11.1. The summed E-state index contributed by atoms with van der Waals surface area (Å²) in [6.07, 6.45) is 3.90. The maximum atomic E-state index is 5.70. The fourth-order valence-corrected chi connectivity index (χ4v) is 2.86. The molecule has 1 saturated heterocycles. The summed E-state index contributed by atoms with van der Waals surface area (Å²) >= 11 is 0. The lowest BCUT2D eigenvalue weighted by atomic mass is 9.82. The molecule has 0 radical (unpaired) electrons. The van der Waals surface area contributed by atoms with E-state index in [9.17, 15) is 0 Å². The first-order valence-electron chi connectivity index (χ1n) is 6.77. The van der Waals surface area contributed by atoms with Crippen LogP contribution in [0.4, 0.5) is 5.69 Å². The van der Waals surface area contributed by atoms with Crippen molar-refractivity contribution in [2.45, 2.75) is 39.7 Å². The number of rotatable bonds is 4. The average molecular weight is 232 g/mol. The normalized spacial score (nSPS) is 18.6. The van der Waals surface area contributed by atoms with E-state index in [2.05, 4.69) is 43.0 Å². The monoisotopic (exact) mass is 232 g/mol. The van der Waals surface area contributed by atoms with E-state index in [1.807, 2.05) is 0 Å². The molecule has 1 aliphatic heterocycles. The van der Waals surface area contributed by atoms with Gasteiger partial charge in [0.25, 0.3) is 0 Å². The van der Waals surface area contributed by atoms with Gasteiger partial charge in [-0.3, -0.25) is 0 Å². The van der Waals surface area contributed by atoms with E-state index in [4.69, 9.17) is 5.73 Å².